The molecule has 0 aromatic rings. The third kappa shape index (κ3) is 15.2. The molecule has 2 rings (SSSR count). The van der Waals surface area contributed by atoms with Crippen molar-refractivity contribution in [2.45, 2.75) is 173 Å². The minimum absolute atomic E-state index is 0.103. The van der Waals surface area contributed by atoms with Crippen LogP contribution in [0.2, 0.25) is 0 Å². The lowest BCUT2D eigenvalue weighted by atomic mass is 9.90. The second-order valence-corrected chi connectivity index (χ2v) is 15.1. The number of nitrogens with two attached hydrogens (primary N) is 2. The van der Waals surface area contributed by atoms with E-state index in [2.05, 4.69) is 28.2 Å². The molecule has 2 aliphatic rings. The zero-order valence-electron chi connectivity index (χ0n) is 33.0. The molecule has 0 aromatic heterocycles. The number of carbonyl (C=O) groups is 4. The van der Waals surface area contributed by atoms with Crippen LogP contribution in [0.4, 0.5) is 0 Å². The first kappa shape index (κ1) is 45.8. The second-order valence-electron chi connectivity index (χ2n) is 15.1. The molecule has 9 atom stereocenters. The monoisotopic (exact) mass is 740 g/mol. The number of amides is 4. The number of rotatable bonds is 14. The van der Waals surface area contributed by atoms with Gasteiger partial charge in [-0.15, -0.1) is 0 Å². The highest BCUT2D eigenvalue weighted by Gasteiger charge is 2.38. The quantitative estimate of drug-likeness (QED) is 0.102. The van der Waals surface area contributed by atoms with Crippen LogP contribution in [0.15, 0.2) is 0 Å². The first-order valence-electron chi connectivity index (χ1n) is 20.1. The number of nitrogens with one attached hydrogen (secondary N) is 4. The molecule has 1 saturated carbocycles. The van der Waals surface area contributed by atoms with Gasteiger partial charge < -0.3 is 46.9 Å². The normalized spacial score (nSPS) is 30.7. The number of aliphatic hydroxyl groups excluding tert-OH is 1. The molecule has 302 valence electrons. The SMILES string of the molecule is CCCCCC[C@H]1OC[C@@H](C)NC(=O)[C@H](CO[C@@H](C)CCN)NC(=O)[C@H](CN)NC(=O)[C@H](C2CCCCCC2)NC(O)[C@H](CCC)N(C)C(=O)[C@@H]1C. The van der Waals surface area contributed by atoms with E-state index >= 15 is 0 Å². The molecule has 1 unspecified atom stereocenters. The topological polar surface area (TPSA) is 210 Å². The smallest absolute Gasteiger partial charge is 0.245 e. The third-order valence-electron chi connectivity index (χ3n) is 10.7. The number of unbranched alkanes of at least 4 members (excludes halogenated alkanes) is 3. The van der Waals surface area contributed by atoms with Crippen molar-refractivity contribution in [3.8, 4) is 0 Å². The molecule has 0 bridgehead atoms. The summed E-state index contributed by atoms with van der Waals surface area (Å²) >= 11 is 0. The van der Waals surface area contributed by atoms with Gasteiger partial charge in [0.2, 0.25) is 23.6 Å². The Bertz CT molecular complexity index is 1060. The summed E-state index contributed by atoms with van der Waals surface area (Å²) in [5.74, 6) is -2.35. The maximum Gasteiger partial charge on any atom is 0.245 e. The molecule has 1 aliphatic heterocycles. The summed E-state index contributed by atoms with van der Waals surface area (Å²) in [4.78, 5) is 57.2. The van der Waals surface area contributed by atoms with E-state index in [0.29, 0.717) is 32.2 Å². The van der Waals surface area contributed by atoms with Gasteiger partial charge in [0.15, 0.2) is 0 Å². The highest BCUT2D eigenvalue weighted by Crippen LogP contribution is 2.27. The Balaban J connectivity index is 2.54. The van der Waals surface area contributed by atoms with Gasteiger partial charge >= 0.3 is 0 Å². The lowest BCUT2D eigenvalue weighted by molar-refractivity contribution is -0.145. The fourth-order valence-corrected chi connectivity index (χ4v) is 7.30. The van der Waals surface area contributed by atoms with E-state index in [1.807, 2.05) is 20.8 Å². The maximum absolute atomic E-state index is 14.2. The Morgan fingerprint density at radius 2 is 1.54 bits per heavy atom. The standard InChI is InChI=1S/C38H73N7O7/c1-7-9-10-15-19-32-27(5)38(50)45(6)31(16-8-2)36(48)44-33(28-17-13-11-12-14-18-28)37(49)42-29(22-40)34(46)43-30(24-51-26(4)20-21-39)35(47)41-25(3)23-52-32/h25-33,36,44,48H,7-24,39-40H2,1-6H3,(H,41,47)(H,42,49)(H,43,46)/t25-,26+,27-,29+,30+,31+,32-,33+,36?/m1/s1. The van der Waals surface area contributed by atoms with Crippen molar-refractivity contribution in [1.82, 2.24) is 26.2 Å². The first-order valence-corrected chi connectivity index (χ1v) is 20.1. The van der Waals surface area contributed by atoms with Crippen molar-refractivity contribution >= 4 is 23.6 Å². The van der Waals surface area contributed by atoms with Gasteiger partial charge in [0.25, 0.3) is 0 Å². The summed E-state index contributed by atoms with van der Waals surface area (Å²) in [6, 6.07) is -4.15. The van der Waals surface area contributed by atoms with Crippen molar-refractivity contribution in [2.75, 3.05) is 33.4 Å². The third-order valence-corrected chi connectivity index (χ3v) is 10.7. The summed E-state index contributed by atoms with van der Waals surface area (Å²) < 4.78 is 12.3. The molecule has 14 nitrogen and oxygen atoms in total. The minimum Gasteiger partial charge on any atom is -0.376 e. The Labute approximate surface area is 313 Å². The molecule has 4 amide bonds. The molecule has 0 radical (unpaired) electrons. The lowest BCUT2D eigenvalue weighted by Crippen LogP contribution is -2.62. The average molecular weight is 740 g/mol. The number of aliphatic hydroxyl groups is 1. The number of carbonyl (C=O) groups excluding carboxylic acids is 4. The lowest BCUT2D eigenvalue weighted by Gasteiger charge is -2.38. The van der Waals surface area contributed by atoms with Crippen LogP contribution in [0.5, 0.6) is 0 Å². The average Bonchev–Trinajstić information content (AvgIpc) is 3.41. The molecule has 1 heterocycles. The van der Waals surface area contributed by atoms with Crippen LogP contribution in [-0.2, 0) is 28.7 Å². The van der Waals surface area contributed by atoms with E-state index in [1.165, 1.54) is 0 Å². The first-order chi connectivity index (χ1) is 24.9. The zero-order chi connectivity index (χ0) is 38.6. The van der Waals surface area contributed by atoms with Crippen LogP contribution in [-0.4, -0.2) is 116 Å². The van der Waals surface area contributed by atoms with Crippen molar-refractivity contribution in [1.29, 1.82) is 0 Å². The highest BCUT2D eigenvalue weighted by molar-refractivity contribution is 5.93. The Kier molecular flexibility index (Phi) is 21.9. The van der Waals surface area contributed by atoms with Gasteiger partial charge in [0.1, 0.15) is 18.3 Å². The van der Waals surface area contributed by atoms with Crippen molar-refractivity contribution in [3.63, 3.8) is 0 Å². The number of nitrogens with zero attached hydrogens (tertiary/aromatic N) is 1. The second kappa shape index (κ2) is 24.9. The van der Waals surface area contributed by atoms with Crippen LogP contribution < -0.4 is 32.7 Å². The minimum atomic E-state index is -1.21. The molecule has 14 heteroatoms. The van der Waals surface area contributed by atoms with Gasteiger partial charge in [-0.3, -0.25) is 24.5 Å². The molecule has 0 aromatic carbocycles. The summed E-state index contributed by atoms with van der Waals surface area (Å²) in [5, 5.41) is 23.5. The van der Waals surface area contributed by atoms with Gasteiger partial charge in [0.05, 0.1) is 43.4 Å². The van der Waals surface area contributed by atoms with Crippen molar-refractivity contribution in [3.05, 3.63) is 0 Å². The van der Waals surface area contributed by atoms with Gasteiger partial charge in [-0.1, -0.05) is 78.6 Å². The number of ether oxygens (including phenoxy) is 2. The molecule has 1 saturated heterocycles. The Hall–Kier alpha value is -2.36. The molecule has 1 aliphatic carbocycles. The molecule has 52 heavy (non-hydrogen) atoms. The Morgan fingerprint density at radius 3 is 2.15 bits per heavy atom. The van der Waals surface area contributed by atoms with E-state index in [1.54, 1.807) is 18.9 Å². The van der Waals surface area contributed by atoms with Gasteiger partial charge in [0, 0.05) is 19.6 Å². The van der Waals surface area contributed by atoms with Gasteiger partial charge in [-0.2, -0.15) is 0 Å². The predicted molar refractivity (Wildman–Crippen MR) is 203 cm³/mol. The summed E-state index contributed by atoms with van der Waals surface area (Å²) in [5.41, 5.74) is 11.8. The molecular formula is C38H73N7O7. The number of hydrogen-bond donors (Lipinski definition) is 7. The van der Waals surface area contributed by atoms with Crippen LogP contribution in [0.1, 0.15) is 125 Å². The summed E-state index contributed by atoms with van der Waals surface area (Å²) in [6.45, 7) is 9.86. The molecule has 0 spiro atoms. The fourth-order valence-electron chi connectivity index (χ4n) is 7.30. The van der Waals surface area contributed by atoms with Crippen LogP contribution in [0.3, 0.4) is 0 Å². The maximum atomic E-state index is 14.2. The number of hydrogen-bond acceptors (Lipinski definition) is 10. The predicted octanol–water partition coefficient (Wildman–Crippen LogP) is 2.05. The van der Waals surface area contributed by atoms with Crippen LogP contribution >= 0.6 is 0 Å². The highest BCUT2D eigenvalue weighted by atomic mass is 16.5. The number of likely N-dealkylation sites (N-methyl/N-ethyl adjacent to an activating group) is 1. The van der Waals surface area contributed by atoms with E-state index in [9.17, 15) is 24.3 Å². The molecule has 9 N–H and O–H groups in total. The Morgan fingerprint density at radius 1 is 0.885 bits per heavy atom. The molecule has 2 fully saturated rings. The van der Waals surface area contributed by atoms with Crippen LogP contribution in [0.25, 0.3) is 0 Å². The van der Waals surface area contributed by atoms with Gasteiger partial charge in [-0.05, 0) is 58.4 Å². The molecular weight excluding hydrogens is 666 g/mol. The summed E-state index contributed by atoms with van der Waals surface area (Å²) in [6.07, 6.45) is 10.2. The summed E-state index contributed by atoms with van der Waals surface area (Å²) in [7, 11) is 1.70. The largest absolute Gasteiger partial charge is 0.376 e. The zero-order valence-corrected chi connectivity index (χ0v) is 33.0. The van der Waals surface area contributed by atoms with E-state index < -0.39 is 66.2 Å². The van der Waals surface area contributed by atoms with Crippen molar-refractivity contribution < 1.29 is 33.8 Å². The van der Waals surface area contributed by atoms with E-state index in [-0.39, 0.29) is 37.7 Å². The van der Waals surface area contributed by atoms with Gasteiger partial charge in [-0.25, -0.2) is 0 Å². The van der Waals surface area contributed by atoms with E-state index in [4.69, 9.17) is 20.9 Å². The van der Waals surface area contributed by atoms with Crippen molar-refractivity contribution in [2.24, 2.45) is 23.3 Å². The van der Waals surface area contributed by atoms with Crippen LogP contribution in [0, 0.1) is 11.8 Å². The fraction of sp³-hybridized carbons (Fsp3) is 0.895. The van der Waals surface area contributed by atoms with E-state index in [0.717, 1.165) is 64.2 Å².